The van der Waals surface area contributed by atoms with Crippen molar-refractivity contribution in [1.29, 1.82) is 0 Å². The molecule has 2 aliphatic heterocycles. The first-order valence-corrected chi connectivity index (χ1v) is 8.60. The van der Waals surface area contributed by atoms with Crippen molar-refractivity contribution < 1.29 is 4.79 Å². The molecule has 3 rings (SSSR count). The third-order valence-electron chi connectivity index (χ3n) is 5.52. The van der Waals surface area contributed by atoms with E-state index in [-0.39, 0.29) is 17.8 Å². The fourth-order valence-electron chi connectivity index (χ4n) is 3.95. The Labute approximate surface area is 146 Å². The number of fused-ring (bicyclic) bond motifs is 1. The minimum Gasteiger partial charge on any atom is -0.343 e. The van der Waals surface area contributed by atoms with Gasteiger partial charge in [0.1, 0.15) is 0 Å². The molecule has 4 heteroatoms. The average molecular weight is 337 g/mol. The van der Waals surface area contributed by atoms with Crippen molar-refractivity contribution in [1.82, 2.24) is 10.2 Å². The van der Waals surface area contributed by atoms with E-state index in [0.717, 1.165) is 50.9 Å². The number of nitrogens with zero attached hydrogens (tertiary/aromatic N) is 1. The van der Waals surface area contributed by atoms with Gasteiger partial charge in [0.15, 0.2) is 0 Å². The van der Waals surface area contributed by atoms with Crippen LogP contribution >= 0.6 is 12.4 Å². The summed E-state index contributed by atoms with van der Waals surface area (Å²) in [5.74, 6) is 1.88. The number of carbonyl (C=O) groups is 1. The second-order valence-corrected chi connectivity index (χ2v) is 7.56. The predicted molar refractivity (Wildman–Crippen MR) is 97.0 cm³/mol. The predicted octanol–water partition coefficient (Wildman–Crippen LogP) is 3.23. The topological polar surface area (TPSA) is 32.3 Å². The Kier molecular flexibility index (Phi) is 6.10. The molecule has 3 nitrogen and oxygen atoms in total. The van der Waals surface area contributed by atoms with Crippen LogP contribution in [0.4, 0.5) is 0 Å². The maximum atomic E-state index is 12.8. The second kappa shape index (κ2) is 7.67. The van der Waals surface area contributed by atoms with Gasteiger partial charge in [0, 0.05) is 19.5 Å². The molecule has 1 amide bonds. The van der Waals surface area contributed by atoms with E-state index in [9.17, 15) is 4.79 Å². The van der Waals surface area contributed by atoms with Crippen LogP contribution in [0.3, 0.4) is 0 Å². The molecule has 0 aliphatic carbocycles. The van der Waals surface area contributed by atoms with E-state index in [1.54, 1.807) is 0 Å². The molecule has 2 fully saturated rings. The number of rotatable bonds is 3. The molecule has 2 aliphatic rings. The Hall–Kier alpha value is -1.06. The van der Waals surface area contributed by atoms with Crippen molar-refractivity contribution in [3.63, 3.8) is 0 Å². The molecule has 1 aromatic rings. The summed E-state index contributed by atoms with van der Waals surface area (Å²) in [5, 5.41) is 3.49. The number of hydrogen-bond acceptors (Lipinski definition) is 2. The fraction of sp³-hybridized carbons (Fsp3) is 0.632. The van der Waals surface area contributed by atoms with Crippen LogP contribution in [0.25, 0.3) is 0 Å². The number of halogens is 1. The van der Waals surface area contributed by atoms with Gasteiger partial charge in [-0.1, -0.05) is 44.2 Å². The van der Waals surface area contributed by atoms with Crippen LogP contribution in [-0.2, 0) is 10.2 Å². The van der Waals surface area contributed by atoms with Gasteiger partial charge in [0.2, 0.25) is 5.91 Å². The summed E-state index contributed by atoms with van der Waals surface area (Å²) in [5.41, 5.74) is 1.15. The molecule has 0 unspecified atom stereocenters. The van der Waals surface area contributed by atoms with Crippen molar-refractivity contribution in [3.05, 3.63) is 35.9 Å². The molecule has 0 saturated carbocycles. The van der Waals surface area contributed by atoms with Gasteiger partial charge in [0.25, 0.3) is 0 Å². The van der Waals surface area contributed by atoms with Gasteiger partial charge in [-0.2, -0.15) is 0 Å². The van der Waals surface area contributed by atoms with E-state index in [4.69, 9.17) is 0 Å². The maximum Gasteiger partial charge on any atom is 0.223 e. The van der Waals surface area contributed by atoms with Crippen molar-refractivity contribution in [2.45, 2.75) is 38.5 Å². The lowest BCUT2D eigenvalue weighted by Gasteiger charge is -2.29. The average Bonchev–Trinajstić information content (AvgIpc) is 2.86. The summed E-state index contributed by atoms with van der Waals surface area (Å²) in [6.07, 6.45) is 2.93. The highest BCUT2D eigenvalue weighted by atomic mass is 35.5. The quantitative estimate of drug-likeness (QED) is 0.919. The second-order valence-electron chi connectivity index (χ2n) is 7.56. The van der Waals surface area contributed by atoms with Crippen molar-refractivity contribution >= 4 is 18.3 Å². The first-order chi connectivity index (χ1) is 10.6. The molecule has 23 heavy (non-hydrogen) atoms. The number of nitrogens with one attached hydrogen (secondary N) is 1. The van der Waals surface area contributed by atoms with Crippen LogP contribution in [0.15, 0.2) is 30.3 Å². The molecule has 2 atom stereocenters. The van der Waals surface area contributed by atoms with Crippen LogP contribution in [0.1, 0.15) is 38.7 Å². The minimum atomic E-state index is -0.0952. The highest BCUT2D eigenvalue weighted by Gasteiger charge is 2.33. The molecule has 0 bridgehead atoms. The van der Waals surface area contributed by atoms with E-state index in [1.807, 2.05) is 6.07 Å². The molecule has 1 aromatic carbocycles. The smallest absolute Gasteiger partial charge is 0.223 e. The molecule has 0 radical (unpaired) electrons. The summed E-state index contributed by atoms with van der Waals surface area (Å²) in [4.78, 5) is 14.9. The third kappa shape index (κ3) is 4.27. The Morgan fingerprint density at radius 2 is 1.70 bits per heavy atom. The summed E-state index contributed by atoms with van der Waals surface area (Å²) >= 11 is 0. The van der Waals surface area contributed by atoms with E-state index in [2.05, 4.69) is 48.3 Å². The molecule has 128 valence electrons. The number of likely N-dealkylation sites (tertiary alicyclic amines) is 1. The van der Waals surface area contributed by atoms with Crippen molar-refractivity contribution in [3.8, 4) is 0 Å². The Bertz CT molecular complexity index is 503. The van der Waals surface area contributed by atoms with Crippen LogP contribution in [0.5, 0.6) is 0 Å². The van der Waals surface area contributed by atoms with Crippen molar-refractivity contribution in [2.24, 2.45) is 11.8 Å². The van der Waals surface area contributed by atoms with Gasteiger partial charge in [0.05, 0.1) is 0 Å². The third-order valence-corrected chi connectivity index (χ3v) is 5.52. The first kappa shape index (κ1) is 18.3. The lowest BCUT2D eigenvalue weighted by atomic mass is 9.81. The first-order valence-electron chi connectivity index (χ1n) is 8.60. The Balaban J connectivity index is 0.00000192. The molecular weight excluding hydrogens is 308 g/mol. The number of amides is 1. The van der Waals surface area contributed by atoms with Gasteiger partial charge < -0.3 is 10.2 Å². The summed E-state index contributed by atoms with van der Waals surface area (Å²) < 4.78 is 0. The van der Waals surface area contributed by atoms with E-state index >= 15 is 0 Å². The normalized spacial score (nSPS) is 24.5. The standard InChI is InChI=1S/C19H28N2O.ClH/c1-19(2,17-6-4-3-5-7-17)12-18(22)21-10-8-15-13-20-14-16(15)9-11-21;/h3-7,15-16,20H,8-14H2,1-2H3;1H/t15-,16+;. The summed E-state index contributed by atoms with van der Waals surface area (Å²) in [7, 11) is 0. The number of hydrogen-bond donors (Lipinski definition) is 1. The van der Waals surface area contributed by atoms with E-state index < -0.39 is 0 Å². The maximum absolute atomic E-state index is 12.8. The lowest BCUT2D eigenvalue weighted by molar-refractivity contribution is -0.132. The highest BCUT2D eigenvalue weighted by molar-refractivity contribution is 5.85. The van der Waals surface area contributed by atoms with Gasteiger partial charge in [-0.05, 0) is 48.7 Å². The van der Waals surface area contributed by atoms with E-state index in [0.29, 0.717) is 12.3 Å². The molecule has 1 N–H and O–H groups in total. The zero-order valence-corrected chi connectivity index (χ0v) is 15.1. The fourth-order valence-corrected chi connectivity index (χ4v) is 3.95. The largest absolute Gasteiger partial charge is 0.343 e. The molecule has 2 heterocycles. The number of carbonyl (C=O) groups excluding carboxylic acids is 1. The van der Waals surface area contributed by atoms with Crippen molar-refractivity contribution in [2.75, 3.05) is 26.2 Å². The van der Waals surface area contributed by atoms with Gasteiger partial charge >= 0.3 is 0 Å². The molecule has 2 saturated heterocycles. The highest BCUT2D eigenvalue weighted by Crippen LogP contribution is 2.30. The molecule has 0 spiro atoms. The number of benzene rings is 1. The monoisotopic (exact) mass is 336 g/mol. The molecule has 0 aromatic heterocycles. The lowest BCUT2D eigenvalue weighted by Crippen LogP contribution is -2.36. The van der Waals surface area contributed by atoms with E-state index in [1.165, 1.54) is 5.56 Å². The summed E-state index contributed by atoms with van der Waals surface area (Å²) in [6.45, 7) is 8.51. The van der Waals surface area contributed by atoms with Gasteiger partial charge in [-0.3, -0.25) is 4.79 Å². The van der Waals surface area contributed by atoms with Crippen LogP contribution < -0.4 is 5.32 Å². The van der Waals surface area contributed by atoms with Gasteiger partial charge in [-0.15, -0.1) is 12.4 Å². The zero-order valence-electron chi connectivity index (χ0n) is 14.3. The Morgan fingerprint density at radius 1 is 1.13 bits per heavy atom. The minimum absolute atomic E-state index is 0. The van der Waals surface area contributed by atoms with Crippen LogP contribution in [-0.4, -0.2) is 37.0 Å². The summed E-state index contributed by atoms with van der Waals surface area (Å²) in [6, 6.07) is 10.4. The van der Waals surface area contributed by atoms with Crippen LogP contribution in [0, 0.1) is 11.8 Å². The Morgan fingerprint density at radius 3 is 2.26 bits per heavy atom. The molecular formula is C19H29ClN2O. The van der Waals surface area contributed by atoms with Gasteiger partial charge in [-0.25, -0.2) is 0 Å². The van der Waals surface area contributed by atoms with Crippen LogP contribution in [0.2, 0.25) is 0 Å². The SMILES string of the molecule is CC(C)(CC(=O)N1CC[C@@H]2CNC[C@@H]2CC1)c1ccccc1.Cl. The zero-order chi connectivity index (χ0) is 15.6.